The van der Waals surface area contributed by atoms with Gasteiger partial charge in [-0.05, 0) is 12.3 Å². The predicted molar refractivity (Wildman–Crippen MR) is 51.3 cm³/mol. The summed E-state index contributed by atoms with van der Waals surface area (Å²) >= 11 is 0. The number of amides is 1. The van der Waals surface area contributed by atoms with Crippen LogP contribution in [0.25, 0.3) is 0 Å². The number of likely N-dealkylation sites (tertiary alicyclic amines) is 1. The maximum absolute atomic E-state index is 11.8. The van der Waals surface area contributed by atoms with Crippen LogP contribution in [0, 0.1) is 11.8 Å². The Kier molecular flexibility index (Phi) is 2.28. The fourth-order valence-electron chi connectivity index (χ4n) is 2.45. The molecular weight excluding hydrogens is 164 g/mol. The van der Waals surface area contributed by atoms with Crippen LogP contribution in [0.4, 0.5) is 0 Å². The van der Waals surface area contributed by atoms with Gasteiger partial charge in [0.05, 0.1) is 0 Å². The first-order valence-electron chi connectivity index (χ1n) is 5.21. The van der Waals surface area contributed by atoms with Crippen LogP contribution in [0.3, 0.4) is 0 Å². The Morgan fingerprint density at radius 3 is 2.92 bits per heavy atom. The minimum Gasteiger partial charge on any atom is -0.338 e. The molecule has 2 rings (SSSR count). The Bertz CT molecular complexity index is 215. The van der Waals surface area contributed by atoms with Crippen molar-refractivity contribution in [2.24, 2.45) is 11.8 Å². The van der Waals surface area contributed by atoms with Gasteiger partial charge in [-0.1, -0.05) is 13.8 Å². The van der Waals surface area contributed by atoms with Gasteiger partial charge in [0.25, 0.3) is 0 Å². The maximum Gasteiger partial charge on any atom is 0.225 e. The first-order chi connectivity index (χ1) is 6.20. The summed E-state index contributed by atoms with van der Waals surface area (Å²) in [6.07, 6.45) is 1.19. The van der Waals surface area contributed by atoms with Gasteiger partial charge >= 0.3 is 0 Å². The molecule has 13 heavy (non-hydrogen) atoms. The van der Waals surface area contributed by atoms with Crippen molar-refractivity contribution < 1.29 is 4.79 Å². The number of nitrogens with zero attached hydrogens (tertiary/aromatic N) is 1. The summed E-state index contributed by atoms with van der Waals surface area (Å²) in [6, 6.07) is 0.495. The molecule has 0 radical (unpaired) electrons. The Morgan fingerprint density at radius 2 is 2.23 bits per heavy atom. The molecule has 1 amide bonds. The molecule has 0 aromatic carbocycles. The summed E-state index contributed by atoms with van der Waals surface area (Å²) in [4.78, 5) is 13.9. The van der Waals surface area contributed by atoms with E-state index in [-0.39, 0.29) is 5.92 Å². The molecule has 0 aromatic rings. The first-order valence-corrected chi connectivity index (χ1v) is 5.21. The molecule has 74 valence electrons. The molecule has 3 heteroatoms. The van der Waals surface area contributed by atoms with Crippen LogP contribution in [-0.2, 0) is 4.79 Å². The lowest BCUT2D eigenvalue weighted by atomic mass is 10.0. The maximum atomic E-state index is 11.8. The number of fused-ring (bicyclic) bond motifs is 1. The summed E-state index contributed by atoms with van der Waals surface area (Å²) in [5.74, 6) is 1.21. The van der Waals surface area contributed by atoms with E-state index in [1.165, 1.54) is 6.42 Å². The molecule has 0 saturated carbocycles. The zero-order valence-electron chi connectivity index (χ0n) is 8.42. The first kappa shape index (κ1) is 9.00. The lowest BCUT2D eigenvalue weighted by Gasteiger charge is -2.25. The highest BCUT2D eigenvalue weighted by molar-refractivity contribution is 5.78. The van der Waals surface area contributed by atoms with Crippen molar-refractivity contribution >= 4 is 5.91 Å². The number of hydrogen-bond acceptors (Lipinski definition) is 2. The van der Waals surface area contributed by atoms with Gasteiger partial charge in [0.1, 0.15) is 0 Å². The molecule has 0 bridgehead atoms. The zero-order valence-corrected chi connectivity index (χ0v) is 8.42. The van der Waals surface area contributed by atoms with Crippen molar-refractivity contribution in [3.05, 3.63) is 0 Å². The third-order valence-corrected chi connectivity index (χ3v) is 3.22. The van der Waals surface area contributed by atoms with Crippen LogP contribution in [0.15, 0.2) is 0 Å². The van der Waals surface area contributed by atoms with E-state index in [0.29, 0.717) is 11.9 Å². The van der Waals surface area contributed by atoms with Crippen molar-refractivity contribution in [2.45, 2.75) is 26.3 Å². The molecule has 1 N–H and O–H groups in total. The number of carbonyl (C=O) groups excluding carboxylic acids is 1. The molecule has 2 atom stereocenters. The van der Waals surface area contributed by atoms with E-state index in [9.17, 15) is 4.79 Å². The molecule has 0 aliphatic carbocycles. The third-order valence-electron chi connectivity index (χ3n) is 3.22. The van der Waals surface area contributed by atoms with Gasteiger partial charge < -0.3 is 10.2 Å². The van der Waals surface area contributed by atoms with Crippen LogP contribution in [0.1, 0.15) is 20.3 Å². The normalized spacial score (nSPS) is 32.7. The Hall–Kier alpha value is -0.570. The molecule has 2 fully saturated rings. The van der Waals surface area contributed by atoms with Gasteiger partial charge in [-0.15, -0.1) is 0 Å². The lowest BCUT2D eigenvalue weighted by Crippen LogP contribution is -2.41. The van der Waals surface area contributed by atoms with Gasteiger partial charge in [-0.2, -0.15) is 0 Å². The molecule has 2 aliphatic heterocycles. The average Bonchev–Trinajstić information content (AvgIpc) is 2.61. The molecular formula is C10H18N2O. The second-order valence-electron chi connectivity index (χ2n) is 4.46. The Morgan fingerprint density at radius 1 is 1.46 bits per heavy atom. The lowest BCUT2D eigenvalue weighted by molar-refractivity contribution is -0.135. The number of rotatable bonds is 1. The standard InChI is InChI=1S/C10H18N2O/c1-7(2)10(13)12-4-3-8-5-11-6-9(8)12/h7-9,11H,3-6H2,1-2H3/t8-,9+/m1/s1. The number of nitrogens with one attached hydrogen (secondary N) is 1. The third kappa shape index (κ3) is 1.46. The smallest absolute Gasteiger partial charge is 0.225 e. The van der Waals surface area contributed by atoms with Crippen LogP contribution < -0.4 is 5.32 Å². The van der Waals surface area contributed by atoms with E-state index in [0.717, 1.165) is 25.6 Å². The van der Waals surface area contributed by atoms with Crippen molar-refractivity contribution in [1.82, 2.24) is 10.2 Å². The molecule has 0 aromatic heterocycles. The molecule has 0 unspecified atom stereocenters. The van der Waals surface area contributed by atoms with Crippen molar-refractivity contribution in [3.8, 4) is 0 Å². The second kappa shape index (κ2) is 3.29. The number of carbonyl (C=O) groups is 1. The summed E-state index contributed by atoms with van der Waals surface area (Å²) in [6.45, 7) is 7.06. The highest BCUT2D eigenvalue weighted by Crippen LogP contribution is 2.28. The van der Waals surface area contributed by atoms with Crippen molar-refractivity contribution in [1.29, 1.82) is 0 Å². The van der Waals surface area contributed by atoms with Crippen LogP contribution in [-0.4, -0.2) is 36.5 Å². The second-order valence-corrected chi connectivity index (χ2v) is 4.46. The van der Waals surface area contributed by atoms with Crippen molar-refractivity contribution in [3.63, 3.8) is 0 Å². The van der Waals surface area contributed by atoms with Gasteiger partial charge in [0.2, 0.25) is 5.91 Å². The van der Waals surface area contributed by atoms with Crippen molar-refractivity contribution in [2.75, 3.05) is 19.6 Å². The molecule has 3 nitrogen and oxygen atoms in total. The summed E-state index contributed by atoms with van der Waals surface area (Å²) in [5, 5.41) is 3.35. The highest BCUT2D eigenvalue weighted by Gasteiger charge is 2.40. The van der Waals surface area contributed by atoms with E-state index >= 15 is 0 Å². The van der Waals surface area contributed by atoms with E-state index < -0.39 is 0 Å². The van der Waals surface area contributed by atoms with E-state index in [1.807, 2.05) is 13.8 Å². The van der Waals surface area contributed by atoms with Gasteiger partial charge in [-0.25, -0.2) is 0 Å². The Balaban J connectivity index is 2.04. The van der Waals surface area contributed by atoms with Gasteiger partial charge in [-0.3, -0.25) is 4.79 Å². The fourth-order valence-corrected chi connectivity index (χ4v) is 2.45. The minimum atomic E-state index is 0.152. The predicted octanol–water partition coefficient (Wildman–Crippen LogP) is 0.463. The van der Waals surface area contributed by atoms with E-state index in [4.69, 9.17) is 0 Å². The number of hydrogen-bond donors (Lipinski definition) is 1. The Labute approximate surface area is 79.5 Å². The van der Waals surface area contributed by atoms with Gasteiger partial charge in [0.15, 0.2) is 0 Å². The summed E-state index contributed by atoms with van der Waals surface area (Å²) in [5.41, 5.74) is 0. The van der Waals surface area contributed by atoms with E-state index in [2.05, 4.69) is 10.2 Å². The monoisotopic (exact) mass is 182 g/mol. The quantitative estimate of drug-likeness (QED) is 0.639. The largest absolute Gasteiger partial charge is 0.338 e. The highest BCUT2D eigenvalue weighted by atomic mass is 16.2. The topological polar surface area (TPSA) is 32.3 Å². The zero-order chi connectivity index (χ0) is 9.42. The van der Waals surface area contributed by atoms with E-state index in [1.54, 1.807) is 0 Å². The summed E-state index contributed by atoms with van der Waals surface area (Å²) in [7, 11) is 0. The SMILES string of the molecule is CC(C)C(=O)N1CC[C@@H]2CNC[C@@H]21. The van der Waals surface area contributed by atoms with Crippen LogP contribution >= 0.6 is 0 Å². The molecule has 2 saturated heterocycles. The minimum absolute atomic E-state index is 0.152. The summed E-state index contributed by atoms with van der Waals surface area (Å²) < 4.78 is 0. The molecule has 2 aliphatic rings. The van der Waals surface area contributed by atoms with Crippen LogP contribution in [0.2, 0.25) is 0 Å². The average molecular weight is 182 g/mol. The van der Waals surface area contributed by atoms with Gasteiger partial charge in [0, 0.05) is 31.6 Å². The fraction of sp³-hybridized carbons (Fsp3) is 0.900. The molecule has 2 heterocycles. The molecule has 0 spiro atoms. The van der Waals surface area contributed by atoms with Crippen LogP contribution in [0.5, 0.6) is 0 Å².